The van der Waals surface area contributed by atoms with Crippen molar-refractivity contribution in [2.24, 2.45) is 5.10 Å². The van der Waals surface area contributed by atoms with Gasteiger partial charge in [0.25, 0.3) is 11.8 Å². The van der Waals surface area contributed by atoms with Crippen molar-refractivity contribution < 1.29 is 18.7 Å². The van der Waals surface area contributed by atoms with Crippen molar-refractivity contribution in [1.29, 1.82) is 0 Å². The first-order valence-corrected chi connectivity index (χ1v) is 8.62. The Morgan fingerprint density at radius 1 is 1.07 bits per heavy atom. The fourth-order valence-corrected chi connectivity index (χ4v) is 2.30. The van der Waals surface area contributed by atoms with Crippen molar-refractivity contribution in [3.8, 4) is 5.75 Å². The summed E-state index contributed by atoms with van der Waals surface area (Å²) in [6, 6.07) is 15.6. The monoisotopic (exact) mass is 392 g/mol. The molecule has 0 aliphatic rings. The molecule has 2 aromatic carbocycles. The molecule has 0 unspecified atom stereocenters. The van der Waals surface area contributed by atoms with Crippen LogP contribution in [0.2, 0.25) is 0 Å². The number of ether oxygens (including phenoxy) is 1. The van der Waals surface area contributed by atoms with Gasteiger partial charge in [0.05, 0.1) is 6.21 Å². The van der Waals surface area contributed by atoms with Crippen LogP contribution in [0.25, 0.3) is 0 Å². The normalized spacial score (nSPS) is 10.5. The topological polar surface area (TPSA) is 92.7 Å². The lowest BCUT2D eigenvalue weighted by Crippen LogP contribution is -2.20. The molecule has 1 heterocycles. The lowest BCUT2D eigenvalue weighted by molar-refractivity contribution is -0.118. The quantitative estimate of drug-likeness (QED) is 0.478. The Hall–Kier alpha value is -4.07. The van der Waals surface area contributed by atoms with Gasteiger partial charge in [0.15, 0.2) is 6.61 Å². The molecule has 0 bridgehead atoms. The van der Waals surface area contributed by atoms with Gasteiger partial charge in [0.1, 0.15) is 11.6 Å². The maximum Gasteiger partial charge on any atom is 0.271 e. The van der Waals surface area contributed by atoms with Crippen molar-refractivity contribution in [3.05, 3.63) is 90.0 Å². The van der Waals surface area contributed by atoms with Gasteiger partial charge < -0.3 is 10.1 Å². The number of halogens is 1. The maximum atomic E-state index is 13.1. The number of amides is 2. The Morgan fingerprint density at radius 2 is 1.83 bits per heavy atom. The molecule has 0 spiro atoms. The number of anilines is 1. The number of pyridine rings is 1. The first-order chi connectivity index (χ1) is 14.1. The fraction of sp³-hybridized carbons (Fsp3) is 0.0476. The molecule has 8 heteroatoms. The first kappa shape index (κ1) is 19.7. The Bertz CT molecular complexity index is 1010. The van der Waals surface area contributed by atoms with Crippen LogP contribution < -0.4 is 15.5 Å². The minimum Gasteiger partial charge on any atom is -0.484 e. The van der Waals surface area contributed by atoms with Crippen molar-refractivity contribution >= 4 is 23.7 Å². The van der Waals surface area contributed by atoms with Crippen LogP contribution in [-0.4, -0.2) is 29.6 Å². The Morgan fingerprint density at radius 3 is 2.55 bits per heavy atom. The zero-order valence-electron chi connectivity index (χ0n) is 15.2. The molecule has 0 saturated heterocycles. The van der Waals surface area contributed by atoms with Crippen LogP contribution in [0, 0.1) is 5.82 Å². The average Bonchev–Trinajstić information content (AvgIpc) is 2.74. The second-order valence-electron chi connectivity index (χ2n) is 5.85. The highest BCUT2D eigenvalue weighted by Crippen LogP contribution is 2.12. The molecule has 0 saturated carbocycles. The summed E-state index contributed by atoms with van der Waals surface area (Å²) in [5, 5.41) is 6.44. The Kier molecular flexibility index (Phi) is 6.62. The summed E-state index contributed by atoms with van der Waals surface area (Å²) in [7, 11) is 0. The lowest BCUT2D eigenvalue weighted by Gasteiger charge is -2.07. The molecule has 3 aromatic rings. The zero-order chi connectivity index (χ0) is 20.5. The van der Waals surface area contributed by atoms with Gasteiger partial charge in [-0.25, -0.2) is 9.82 Å². The zero-order valence-corrected chi connectivity index (χ0v) is 15.2. The van der Waals surface area contributed by atoms with Gasteiger partial charge in [-0.1, -0.05) is 6.07 Å². The van der Waals surface area contributed by atoms with Crippen molar-refractivity contribution in [3.63, 3.8) is 0 Å². The number of carbonyl (C=O) groups excluding carboxylic acids is 2. The number of hydrazone groups is 1. The van der Waals surface area contributed by atoms with Crippen LogP contribution in [-0.2, 0) is 4.79 Å². The van der Waals surface area contributed by atoms with E-state index >= 15 is 0 Å². The molecule has 3 rings (SSSR count). The van der Waals surface area contributed by atoms with Gasteiger partial charge in [-0.05, 0) is 60.2 Å². The molecule has 2 amide bonds. The molecular weight excluding hydrogens is 375 g/mol. The van der Waals surface area contributed by atoms with Gasteiger partial charge in [-0.2, -0.15) is 5.10 Å². The van der Waals surface area contributed by atoms with E-state index in [0.29, 0.717) is 17.0 Å². The molecule has 0 fully saturated rings. The van der Waals surface area contributed by atoms with E-state index in [4.69, 9.17) is 4.74 Å². The number of rotatable bonds is 7. The van der Waals surface area contributed by atoms with Crippen LogP contribution in [0.4, 0.5) is 10.1 Å². The molecule has 29 heavy (non-hydrogen) atoms. The molecular formula is C21H17FN4O3. The predicted octanol–water partition coefficient (Wildman–Crippen LogP) is 3.00. The molecule has 0 aliphatic heterocycles. The highest BCUT2D eigenvalue weighted by atomic mass is 19.1. The van der Waals surface area contributed by atoms with E-state index in [2.05, 4.69) is 20.8 Å². The number of benzene rings is 2. The van der Waals surface area contributed by atoms with E-state index in [9.17, 15) is 14.0 Å². The summed E-state index contributed by atoms with van der Waals surface area (Å²) in [6.07, 6.45) is 4.53. The van der Waals surface area contributed by atoms with E-state index in [1.165, 1.54) is 36.8 Å². The second-order valence-corrected chi connectivity index (χ2v) is 5.85. The third-order valence-electron chi connectivity index (χ3n) is 3.68. The van der Waals surface area contributed by atoms with E-state index in [0.717, 1.165) is 5.56 Å². The van der Waals surface area contributed by atoms with Gasteiger partial charge in [-0.15, -0.1) is 0 Å². The van der Waals surface area contributed by atoms with Crippen molar-refractivity contribution in [2.75, 3.05) is 11.9 Å². The minimum absolute atomic E-state index is 0.216. The smallest absolute Gasteiger partial charge is 0.271 e. The Balaban J connectivity index is 1.46. The minimum atomic E-state index is -0.432. The van der Waals surface area contributed by atoms with Crippen molar-refractivity contribution in [1.82, 2.24) is 10.4 Å². The average molecular weight is 392 g/mol. The third kappa shape index (κ3) is 6.24. The highest BCUT2D eigenvalue weighted by Gasteiger charge is 2.05. The molecule has 2 N–H and O–H groups in total. The number of carbonyl (C=O) groups is 2. The summed E-state index contributed by atoms with van der Waals surface area (Å²) in [5.74, 6) is -0.691. The van der Waals surface area contributed by atoms with Crippen LogP contribution in [0.3, 0.4) is 0 Å². The number of hydrogen-bond donors (Lipinski definition) is 2. The van der Waals surface area contributed by atoms with E-state index in [-0.39, 0.29) is 12.5 Å². The lowest BCUT2D eigenvalue weighted by atomic mass is 10.2. The maximum absolute atomic E-state index is 13.1. The SMILES string of the molecule is O=C(COc1ccc(/C=N/NC(=O)c2ccncc2)cc1)Nc1cccc(F)c1. The summed E-state index contributed by atoms with van der Waals surface area (Å²) in [4.78, 5) is 27.6. The number of hydrogen-bond acceptors (Lipinski definition) is 5. The fourth-order valence-electron chi connectivity index (χ4n) is 2.30. The molecule has 1 aromatic heterocycles. The van der Waals surface area contributed by atoms with E-state index < -0.39 is 11.7 Å². The van der Waals surface area contributed by atoms with Gasteiger partial charge in [0, 0.05) is 23.6 Å². The Labute approximate surface area is 166 Å². The number of nitrogens with one attached hydrogen (secondary N) is 2. The van der Waals surface area contributed by atoms with E-state index in [1.807, 2.05) is 0 Å². The summed E-state index contributed by atoms with van der Waals surface area (Å²) in [6.45, 7) is -0.216. The number of nitrogens with zero attached hydrogens (tertiary/aromatic N) is 2. The van der Waals surface area contributed by atoms with Gasteiger partial charge >= 0.3 is 0 Å². The predicted molar refractivity (Wildman–Crippen MR) is 106 cm³/mol. The molecule has 7 nitrogen and oxygen atoms in total. The van der Waals surface area contributed by atoms with Crippen LogP contribution in [0.15, 0.2) is 78.2 Å². The van der Waals surface area contributed by atoms with Gasteiger partial charge in [-0.3, -0.25) is 14.6 Å². The second kappa shape index (κ2) is 9.75. The molecule has 0 radical (unpaired) electrons. The van der Waals surface area contributed by atoms with Crippen molar-refractivity contribution in [2.45, 2.75) is 0 Å². The van der Waals surface area contributed by atoms with Crippen LogP contribution >= 0.6 is 0 Å². The first-order valence-electron chi connectivity index (χ1n) is 8.62. The van der Waals surface area contributed by atoms with Crippen LogP contribution in [0.5, 0.6) is 5.75 Å². The summed E-state index contributed by atoms with van der Waals surface area (Å²) in [5.41, 5.74) is 3.97. The van der Waals surface area contributed by atoms with Gasteiger partial charge in [0.2, 0.25) is 0 Å². The molecule has 0 aliphatic carbocycles. The highest BCUT2D eigenvalue weighted by molar-refractivity contribution is 5.94. The third-order valence-corrected chi connectivity index (χ3v) is 3.68. The molecule has 0 atom stereocenters. The standard InChI is InChI=1S/C21H17FN4O3/c22-17-2-1-3-18(12-17)25-20(27)14-29-19-6-4-15(5-7-19)13-24-26-21(28)16-8-10-23-11-9-16/h1-13H,14H2,(H,25,27)(H,26,28)/b24-13+. The number of aromatic nitrogens is 1. The van der Waals surface area contributed by atoms with E-state index in [1.54, 1.807) is 42.5 Å². The van der Waals surface area contributed by atoms with Crippen LogP contribution in [0.1, 0.15) is 15.9 Å². The largest absolute Gasteiger partial charge is 0.484 e. The summed E-state index contributed by atoms with van der Waals surface area (Å²) >= 11 is 0. The molecule has 146 valence electrons. The summed E-state index contributed by atoms with van der Waals surface area (Å²) < 4.78 is 18.5.